The van der Waals surface area contributed by atoms with E-state index in [0.29, 0.717) is 5.92 Å². The molecule has 1 saturated carbocycles. The lowest BCUT2D eigenvalue weighted by atomic mass is 9.81. The number of aryl methyl sites for hydroxylation is 3. The monoisotopic (exact) mass is 271 g/mol. The molecule has 2 aliphatic rings. The van der Waals surface area contributed by atoms with Crippen LogP contribution in [0.4, 0.5) is 0 Å². The van der Waals surface area contributed by atoms with E-state index < -0.39 is 11.5 Å². The molecule has 0 spiro atoms. The zero-order valence-corrected chi connectivity index (χ0v) is 12.5. The molecule has 0 bridgehead atoms. The first-order chi connectivity index (χ1) is 9.34. The Hall–Kier alpha value is -1.64. The summed E-state index contributed by atoms with van der Waals surface area (Å²) in [5, 5.41) is 2.97. The summed E-state index contributed by atoms with van der Waals surface area (Å²) in [6.07, 6.45) is 2.09. The molecule has 1 saturated heterocycles. The number of benzene rings is 1. The summed E-state index contributed by atoms with van der Waals surface area (Å²) in [5.74, 6) is -0.365. The van der Waals surface area contributed by atoms with Gasteiger partial charge in [-0.3, -0.25) is 9.59 Å². The van der Waals surface area contributed by atoms with Crippen molar-refractivity contribution in [3.8, 4) is 0 Å². The van der Waals surface area contributed by atoms with Crippen molar-refractivity contribution in [2.24, 2.45) is 5.92 Å². The second kappa shape index (κ2) is 4.18. The van der Waals surface area contributed by atoms with Crippen LogP contribution in [0.1, 0.15) is 47.9 Å². The van der Waals surface area contributed by atoms with Gasteiger partial charge in [-0.05, 0) is 63.1 Å². The fourth-order valence-electron chi connectivity index (χ4n) is 3.68. The normalized spacial score (nSPS) is 29.7. The maximum absolute atomic E-state index is 12.8. The molecule has 3 nitrogen and oxygen atoms in total. The molecule has 0 aromatic heterocycles. The Balaban J connectivity index is 2.07. The Morgan fingerprint density at radius 3 is 2.15 bits per heavy atom. The van der Waals surface area contributed by atoms with Gasteiger partial charge in [0.05, 0.1) is 5.54 Å². The molecule has 1 N–H and O–H groups in total. The van der Waals surface area contributed by atoms with Gasteiger partial charge >= 0.3 is 0 Å². The largest absolute Gasteiger partial charge is 0.343 e. The maximum Gasteiger partial charge on any atom is 0.235 e. The standard InChI is InChI=1S/C17H21NO2/c1-9-7-10(2)13(11(3)8-9)14-15(19)17(4,12-5-6-12)18-16(14)20/h7-8,12,14H,5-6H2,1-4H3,(H,18,20). The third kappa shape index (κ3) is 1.80. The maximum atomic E-state index is 12.8. The second-order valence-corrected chi connectivity index (χ2v) is 6.58. The third-order valence-corrected chi connectivity index (χ3v) is 4.84. The number of amides is 1. The van der Waals surface area contributed by atoms with E-state index in [4.69, 9.17) is 0 Å². The van der Waals surface area contributed by atoms with Gasteiger partial charge in [0.15, 0.2) is 5.78 Å². The van der Waals surface area contributed by atoms with Crippen molar-refractivity contribution in [3.63, 3.8) is 0 Å². The zero-order valence-electron chi connectivity index (χ0n) is 12.5. The van der Waals surface area contributed by atoms with Crippen molar-refractivity contribution < 1.29 is 9.59 Å². The molecule has 3 heteroatoms. The summed E-state index contributed by atoms with van der Waals surface area (Å²) < 4.78 is 0. The predicted octanol–water partition coefficient (Wildman–Crippen LogP) is 2.56. The highest BCUT2D eigenvalue weighted by molar-refractivity contribution is 6.17. The van der Waals surface area contributed by atoms with Crippen LogP contribution in [0.2, 0.25) is 0 Å². The van der Waals surface area contributed by atoms with Gasteiger partial charge in [0.25, 0.3) is 0 Å². The number of rotatable bonds is 2. The van der Waals surface area contributed by atoms with E-state index in [1.54, 1.807) is 0 Å². The van der Waals surface area contributed by atoms with Gasteiger partial charge in [0.1, 0.15) is 5.92 Å². The highest BCUT2D eigenvalue weighted by atomic mass is 16.2. The molecule has 20 heavy (non-hydrogen) atoms. The molecule has 1 aliphatic carbocycles. The van der Waals surface area contributed by atoms with E-state index in [0.717, 1.165) is 29.5 Å². The summed E-state index contributed by atoms with van der Waals surface area (Å²) in [5.41, 5.74) is 3.50. The van der Waals surface area contributed by atoms with E-state index in [1.807, 2.05) is 27.7 Å². The van der Waals surface area contributed by atoms with Gasteiger partial charge in [-0.25, -0.2) is 0 Å². The lowest BCUT2D eigenvalue weighted by molar-refractivity contribution is -0.125. The lowest BCUT2D eigenvalue weighted by Gasteiger charge is -2.22. The molecule has 1 aromatic carbocycles. The molecule has 1 aliphatic heterocycles. The molecule has 106 valence electrons. The van der Waals surface area contributed by atoms with E-state index >= 15 is 0 Å². The number of hydrogen-bond donors (Lipinski definition) is 1. The Bertz CT molecular complexity index is 592. The summed E-state index contributed by atoms with van der Waals surface area (Å²) >= 11 is 0. The molecule has 2 atom stereocenters. The predicted molar refractivity (Wildman–Crippen MR) is 77.7 cm³/mol. The Morgan fingerprint density at radius 2 is 1.65 bits per heavy atom. The minimum Gasteiger partial charge on any atom is -0.343 e. The van der Waals surface area contributed by atoms with Gasteiger partial charge < -0.3 is 5.32 Å². The smallest absolute Gasteiger partial charge is 0.235 e. The average Bonchev–Trinajstić information content (AvgIpc) is 3.13. The van der Waals surface area contributed by atoms with Crippen LogP contribution >= 0.6 is 0 Å². The van der Waals surface area contributed by atoms with Crippen molar-refractivity contribution >= 4 is 11.7 Å². The van der Waals surface area contributed by atoms with Gasteiger partial charge in [-0.15, -0.1) is 0 Å². The number of carbonyl (C=O) groups excluding carboxylic acids is 2. The third-order valence-electron chi connectivity index (χ3n) is 4.84. The first kappa shape index (κ1) is 13.3. The van der Waals surface area contributed by atoms with E-state index in [1.165, 1.54) is 5.56 Å². The lowest BCUT2D eigenvalue weighted by Crippen LogP contribution is -2.45. The van der Waals surface area contributed by atoms with Crippen LogP contribution < -0.4 is 5.32 Å². The molecule has 2 fully saturated rings. The second-order valence-electron chi connectivity index (χ2n) is 6.58. The van der Waals surface area contributed by atoms with E-state index in [2.05, 4.69) is 17.4 Å². The fraction of sp³-hybridized carbons (Fsp3) is 0.529. The Morgan fingerprint density at radius 1 is 1.10 bits per heavy atom. The molecule has 1 heterocycles. The van der Waals surface area contributed by atoms with Gasteiger partial charge in [-0.1, -0.05) is 17.7 Å². The minimum atomic E-state index is -0.647. The summed E-state index contributed by atoms with van der Waals surface area (Å²) in [4.78, 5) is 25.2. The molecular formula is C17H21NO2. The summed E-state index contributed by atoms with van der Waals surface area (Å²) in [6.45, 7) is 7.91. The average molecular weight is 271 g/mol. The van der Waals surface area contributed by atoms with Crippen LogP contribution in [-0.2, 0) is 9.59 Å². The zero-order chi connectivity index (χ0) is 14.7. The molecule has 1 amide bonds. The van der Waals surface area contributed by atoms with Crippen LogP contribution in [0.5, 0.6) is 0 Å². The van der Waals surface area contributed by atoms with Crippen LogP contribution in [0, 0.1) is 26.7 Å². The first-order valence-electron chi connectivity index (χ1n) is 7.28. The SMILES string of the molecule is Cc1cc(C)c(C2C(=O)NC(C)(C3CC3)C2=O)c(C)c1. The fourth-order valence-corrected chi connectivity index (χ4v) is 3.68. The quantitative estimate of drug-likeness (QED) is 0.840. The number of ketones is 1. The topological polar surface area (TPSA) is 46.2 Å². The minimum absolute atomic E-state index is 0.0556. The summed E-state index contributed by atoms with van der Waals surface area (Å²) in [7, 11) is 0. The number of hydrogen-bond acceptors (Lipinski definition) is 2. The Kier molecular flexibility index (Phi) is 2.79. The van der Waals surface area contributed by atoms with Crippen molar-refractivity contribution in [2.45, 2.75) is 52.0 Å². The highest BCUT2D eigenvalue weighted by Crippen LogP contribution is 2.46. The molecule has 3 rings (SSSR count). The Labute approximate surface area is 119 Å². The van der Waals surface area contributed by atoms with Gasteiger partial charge in [0, 0.05) is 0 Å². The van der Waals surface area contributed by atoms with Crippen LogP contribution in [0.3, 0.4) is 0 Å². The highest BCUT2D eigenvalue weighted by Gasteiger charge is 2.57. The van der Waals surface area contributed by atoms with Crippen molar-refractivity contribution in [2.75, 3.05) is 0 Å². The van der Waals surface area contributed by atoms with Crippen LogP contribution in [-0.4, -0.2) is 17.2 Å². The molecule has 1 aromatic rings. The molecular weight excluding hydrogens is 250 g/mol. The first-order valence-corrected chi connectivity index (χ1v) is 7.28. The van der Waals surface area contributed by atoms with E-state index in [9.17, 15) is 9.59 Å². The van der Waals surface area contributed by atoms with Crippen molar-refractivity contribution in [1.82, 2.24) is 5.32 Å². The number of nitrogens with one attached hydrogen (secondary N) is 1. The van der Waals surface area contributed by atoms with E-state index in [-0.39, 0.29) is 11.7 Å². The van der Waals surface area contributed by atoms with Crippen LogP contribution in [0.25, 0.3) is 0 Å². The van der Waals surface area contributed by atoms with Crippen molar-refractivity contribution in [3.05, 3.63) is 34.4 Å². The van der Waals surface area contributed by atoms with Crippen LogP contribution in [0.15, 0.2) is 12.1 Å². The van der Waals surface area contributed by atoms with Gasteiger partial charge in [-0.2, -0.15) is 0 Å². The number of carbonyl (C=O) groups is 2. The molecule has 0 radical (unpaired) electrons. The van der Waals surface area contributed by atoms with Crippen molar-refractivity contribution in [1.29, 1.82) is 0 Å². The summed E-state index contributed by atoms with van der Waals surface area (Å²) in [6, 6.07) is 4.10. The number of Topliss-reactive ketones (excluding diaryl/α,β-unsaturated/α-hetero) is 1. The molecule has 2 unspecified atom stereocenters. The van der Waals surface area contributed by atoms with Gasteiger partial charge in [0.2, 0.25) is 5.91 Å².